The standard InChI is InChI=1S/C10H20N4OS/c1-3-5-15-6-7-16-10-13-12-9(8-11)14(10)4-2/h3-8,11H2,1-2H3. The maximum atomic E-state index is 5.58. The third kappa shape index (κ3) is 3.77. The predicted molar refractivity (Wildman–Crippen MR) is 65.4 cm³/mol. The van der Waals surface area contributed by atoms with Gasteiger partial charge in [-0.15, -0.1) is 10.2 Å². The molecule has 0 saturated carbocycles. The van der Waals surface area contributed by atoms with E-state index in [0.29, 0.717) is 6.54 Å². The van der Waals surface area contributed by atoms with Crippen LogP contribution in [0, 0.1) is 0 Å². The topological polar surface area (TPSA) is 66.0 Å². The van der Waals surface area contributed by atoms with Crippen molar-refractivity contribution in [1.82, 2.24) is 14.8 Å². The van der Waals surface area contributed by atoms with Crippen LogP contribution in [-0.2, 0) is 17.8 Å². The first-order chi connectivity index (χ1) is 7.83. The van der Waals surface area contributed by atoms with Crippen LogP contribution in [0.15, 0.2) is 5.16 Å². The van der Waals surface area contributed by atoms with Gasteiger partial charge in [-0.3, -0.25) is 0 Å². The van der Waals surface area contributed by atoms with Gasteiger partial charge in [-0.25, -0.2) is 0 Å². The molecular weight excluding hydrogens is 224 g/mol. The Morgan fingerprint density at radius 2 is 2.12 bits per heavy atom. The Balaban J connectivity index is 2.38. The fourth-order valence-electron chi connectivity index (χ4n) is 1.33. The molecule has 1 rings (SSSR count). The number of ether oxygens (including phenoxy) is 1. The smallest absolute Gasteiger partial charge is 0.191 e. The average molecular weight is 244 g/mol. The maximum absolute atomic E-state index is 5.58. The summed E-state index contributed by atoms with van der Waals surface area (Å²) in [5, 5.41) is 9.10. The van der Waals surface area contributed by atoms with Crippen molar-refractivity contribution < 1.29 is 4.74 Å². The van der Waals surface area contributed by atoms with Gasteiger partial charge in [0.1, 0.15) is 5.82 Å². The molecule has 0 fully saturated rings. The number of nitrogens with zero attached hydrogens (tertiary/aromatic N) is 3. The number of aromatic nitrogens is 3. The highest BCUT2D eigenvalue weighted by Gasteiger charge is 2.09. The summed E-state index contributed by atoms with van der Waals surface area (Å²) in [7, 11) is 0. The summed E-state index contributed by atoms with van der Waals surface area (Å²) in [5.74, 6) is 1.75. The SMILES string of the molecule is CCCOCCSc1nnc(CN)n1CC. The molecule has 0 aromatic carbocycles. The molecule has 0 aliphatic carbocycles. The van der Waals surface area contributed by atoms with E-state index in [4.69, 9.17) is 10.5 Å². The van der Waals surface area contributed by atoms with Crippen LogP contribution in [0.3, 0.4) is 0 Å². The van der Waals surface area contributed by atoms with E-state index < -0.39 is 0 Å². The van der Waals surface area contributed by atoms with Crippen molar-refractivity contribution in [2.24, 2.45) is 5.73 Å². The molecule has 5 nitrogen and oxygen atoms in total. The maximum Gasteiger partial charge on any atom is 0.191 e. The van der Waals surface area contributed by atoms with E-state index in [9.17, 15) is 0 Å². The lowest BCUT2D eigenvalue weighted by Gasteiger charge is -2.05. The van der Waals surface area contributed by atoms with Gasteiger partial charge in [0.05, 0.1) is 13.2 Å². The van der Waals surface area contributed by atoms with Gasteiger partial charge < -0.3 is 15.0 Å². The molecule has 0 radical (unpaired) electrons. The number of rotatable bonds is 8. The molecule has 0 bridgehead atoms. The van der Waals surface area contributed by atoms with Crippen molar-refractivity contribution in [1.29, 1.82) is 0 Å². The molecule has 92 valence electrons. The van der Waals surface area contributed by atoms with Crippen LogP contribution >= 0.6 is 11.8 Å². The van der Waals surface area contributed by atoms with Crippen molar-refractivity contribution in [3.8, 4) is 0 Å². The number of hydrogen-bond donors (Lipinski definition) is 1. The Hall–Kier alpha value is -0.590. The van der Waals surface area contributed by atoms with E-state index in [1.165, 1.54) is 0 Å². The van der Waals surface area contributed by atoms with Crippen molar-refractivity contribution in [3.05, 3.63) is 5.82 Å². The van der Waals surface area contributed by atoms with Gasteiger partial charge in [-0.05, 0) is 13.3 Å². The first kappa shape index (κ1) is 13.5. The third-order valence-electron chi connectivity index (χ3n) is 2.10. The molecule has 6 heteroatoms. The van der Waals surface area contributed by atoms with Gasteiger partial charge in [0.2, 0.25) is 0 Å². The summed E-state index contributed by atoms with van der Waals surface area (Å²) in [5.41, 5.74) is 5.58. The minimum absolute atomic E-state index is 0.438. The fourth-order valence-corrected chi connectivity index (χ4v) is 2.21. The van der Waals surface area contributed by atoms with Crippen molar-refractivity contribution >= 4 is 11.8 Å². The van der Waals surface area contributed by atoms with E-state index in [2.05, 4.69) is 24.0 Å². The second-order valence-electron chi connectivity index (χ2n) is 3.31. The zero-order valence-electron chi connectivity index (χ0n) is 9.98. The zero-order chi connectivity index (χ0) is 11.8. The van der Waals surface area contributed by atoms with Crippen LogP contribution in [0.5, 0.6) is 0 Å². The minimum Gasteiger partial charge on any atom is -0.381 e. The largest absolute Gasteiger partial charge is 0.381 e. The summed E-state index contributed by atoms with van der Waals surface area (Å²) in [6.07, 6.45) is 1.06. The van der Waals surface area contributed by atoms with E-state index in [-0.39, 0.29) is 0 Å². The Labute approximate surface area is 101 Å². The van der Waals surface area contributed by atoms with Gasteiger partial charge in [0.25, 0.3) is 0 Å². The highest BCUT2D eigenvalue weighted by molar-refractivity contribution is 7.99. The summed E-state index contributed by atoms with van der Waals surface area (Å²) in [4.78, 5) is 0. The van der Waals surface area contributed by atoms with Crippen LogP contribution in [0.25, 0.3) is 0 Å². The Kier molecular flexibility index (Phi) is 6.44. The Bertz CT molecular complexity index is 303. The molecule has 2 N–H and O–H groups in total. The lowest BCUT2D eigenvalue weighted by molar-refractivity contribution is 0.151. The van der Waals surface area contributed by atoms with Crippen LogP contribution in [-0.4, -0.2) is 33.7 Å². The molecule has 1 aromatic heterocycles. The molecule has 1 heterocycles. The molecule has 16 heavy (non-hydrogen) atoms. The lowest BCUT2D eigenvalue weighted by atomic mass is 10.5. The van der Waals surface area contributed by atoms with Gasteiger partial charge in [0, 0.05) is 18.9 Å². The molecule has 0 aliphatic heterocycles. The van der Waals surface area contributed by atoms with Crippen molar-refractivity contribution in [2.45, 2.75) is 38.5 Å². The molecule has 0 spiro atoms. The predicted octanol–water partition coefficient (Wildman–Crippen LogP) is 1.28. The van der Waals surface area contributed by atoms with Crippen molar-refractivity contribution in [2.75, 3.05) is 19.0 Å². The Morgan fingerprint density at radius 1 is 1.31 bits per heavy atom. The van der Waals surface area contributed by atoms with E-state index in [1.54, 1.807) is 11.8 Å². The molecular formula is C10H20N4OS. The molecule has 1 aromatic rings. The quantitative estimate of drug-likeness (QED) is 0.551. The number of nitrogens with two attached hydrogens (primary N) is 1. The van der Waals surface area contributed by atoms with Gasteiger partial charge in [-0.1, -0.05) is 18.7 Å². The third-order valence-corrected chi connectivity index (χ3v) is 3.03. The molecule has 0 atom stereocenters. The molecule has 0 unspecified atom stereocenters. The van der Waals surface area contributed by atoms with Gasteiger partial charge >= 0.3 is 0 Å². The van der Waals surface area contributed by atoms with E-state index >= 15 is 0 Å². The summed E-state index contributed by atoms with van der Waals surface area (Å²) in [6, 6.07) is 0. The first-order valence-corrected chi connectivity index (χ1v) is 6.64. The van der Waals surface area contributed by atoms with Gasteiger partial charge in [0.15, 0.2) is 5.16 Å². The van der Waals surface area contributed by atoms with Crippen LogP contribution in [0.1, 0.15) is 26.1 Å². The van der Waals surface area contributed by atoms with Crippen molar-refractivity contribution in [3.63, 3.8) is 0 Å². The lowest BCUT2D eigenvalue weighted by Crippen LogP contribution is -2.08. The zero-order valence-corrected chi connectivity index (χ0v) is 10.8. The minimum atomic E-state index is 0.438. The second kappa shape index (κ2) is 7.65. The molecule has 0 amide bonds. The summed E-state index contributed by atoms with van der Waals surface area (Å²) in [6.45, 7) is 7.06. The highest BCUT2D eigenvalue weighted by Crippen LogP contribution is 2.16. The fraction of sp³-hybridized carbons (Fsp3) is 0.800. The number of thioether (sulfide) groups is 1. The first-order valence-electron chi connectivity index (χ1n) is 5.66. The molecule has 0 aliphatic rings. The van der Waals surface area contributed by atoms with E-state index in [0.717, 1.165) is 42.9 Å². The van der Waals surface area contributed by atoms with Crippen LogP contribution < -0.4 is 5.73 Å². The average Bonchev–Trinajstić information content (AvgIpc) is 2.71. The normalized spacial score (nSPS) is 10.9. The van der Waals surface area contributed by atoms with Crippen LogP contribution in [0.4, 0.5) is 0 Å². The monoisotopic (exact) mass is 244 g/mol. The molecule has 0 saturated heterocycles. The number of hydrogen-bond acceptors (Lipinski definition) is 5. The van der Waals surface area contributed by atoms with E-state index in [1.807, 2.05) is 4.57 Å². The highest BCUT2D eigenvalue weighted by atomic mass is 32.2. The van der Waals surface area contributed by atoms with Gasteiger partial charge in [-0.2, -0.15) is 0 Å². The summed E-state index contributed by atoms with van der Waals surface area (Å²) >= 11 is 1.67. The Morgan fingerprint density at radius 3 is 2.75 bits per heavy atom. The second-order valence-corrected chi connectivity index (χ2v) is 4.37. The summed E-state index contributed by atoms with van der Waals surface area (Å²) < 4.78 is 7.45. The van der Waals surface area contributed by atoms with Crippen LogP contribution in [0.2, 0.25) is 0 Å².